The molecule has 2 unspecified atom stereocenters. The topological polar surface area (TPSA) is 56.7 Å². The van der Waals surface area contributed by atoms with Crippen LogP contribution in [0.15, 0.2) is 29.3 Å². The Balaban J connectivity index is 0.00000364. The number of benzene rings is 1. The summed E-state index contributed by atoms with van der Waals surface area (Å²) >= 11 is 2.06. The van der Waals surface area contributed by atoms with Gasteiger partial charge in [0.2, 0.25) is 5.91 Å². The second kappa shape index (κ2) is 12.5. The van der Waals surface area contributed by atoms with E-state index in [9.17, 15) is 4.79 Å². The number of thioether (sulfide) groups is 1. The molecular weight excluding hydrogens is 471 g/mol. The molecule has 2 N–H and O–H groups in total. The standard InChI is InChI=1S/C20H32N4OS.HI/c1-5-15(3)19(25)23-17-9-7-8-16(12-17)13-22-20(21-4)24-10-11-26-18(6-2)14-24;/h7-9,12,15,18H,5-6,10-11,13-14H2,1-4H3,(H,21,22)(H,23,25);1H. The monoisotopic (exact) mass is 504 g/mol. The summed E-state index contributed by atoms with van der Waals surface area (Å²) in [5.41, 5.74) is 1.98. The van der Waals surface area contributed by atoms with Gasteiger partial charge >= 0.3 is 0 Å². The molecule has 27 heavy (non-hydrogen) atoms. The Kier molecular flexibility index (Phi) is 11.1. The summed E-state index contributed by atoms with van der Waals surface area (Å²) in [6.45, 7) is 9.00. The van der Waals surface area contributed by atoms with Crippen molar-refractivity contribution in [1.29, 1.82) is 0 Å². The Labute approximate surface area is 185 Å². The van der Waals surface area contributed by atoms with Crippen molar-refractivity contribution in [3.05, 3.63) is 29.8 Å². The molecule has 1 aliphatic heterocycles. The van der Waals surface area contributed by atoms with Crippen molar-refractivity contribution < 1.29 is 4.79 Å². The van der Waals surface area contributed by atoms with E-state index in [-0.39, 0.29) is 35.8 Å². The number of carbonyl (C=O) groups excluding carboxylic acids is 1. The van der Waals surface area contributed by atoms with Crippen LogP contribution in [0.3, 0.4) is 0 Å². The number of hydrogen-bond acceptors (Lipinski definition) is 3. The molecule has 1 saturated heterocycles. The van der Waals surface area contributed by atoms with E-state index in [4.69, 9.17) is 0 Å². The van der Waals surface area contributed by atoms with E-state index in [0.717, 1.165) is 42.5 Å². The predicted molar refractivity (Wildman–Crippen MR) is 128 cm³/mol. The van der Waals surface area contributed by atoms with Gasteiger partial charge < -0.3 is 15.5 Å². The van der Waals surface area contributed by atoms with Crippen LogP contribution in [-0.4, -0.2) is 47.9 Å². The minimum absolute atomic E-state index is 0. The van der Waals surface area contributed by atoms with E-state index < -0.39 is 0 Å². The van der Waals surface area contributed by atoms with E-state index in [2.05, 4.69) is 45.3 Å². The summed E-state index contributed by atoms with van der Waals surface area (Å²) in [6, 6.07) is 8.02. The number of amides is 1. The van der Waals surface area contributed by atoms with Gasteiger partial charge in [0, 0.05) is 49.3 Å². The van der Waals surface area contributed by atoms with E-state index in [1.54, 1.807) is 0 Å². The lowest BCUT2D eigenvalue weighted by molar-refractivity contribution is -0.119. The fourth-order valence-electron chi connectivity index (χ4n) is 2.88. The molecular formula is C20H33IN4OS. The van der Waals surface area contributed by atoms with Crippen molar-refractivity contribution >= 4 is 53.3 Å². The average Bonchev–Trinajstić information content (AvgIpc) is 2.68. The van der Waals surface area contributed by atoms with E-state index in [1.165, 1.54) is 6.42 Å². The van der Waals surface area contributed by atoms with Crippen molar-refractivity contribution in [3.8, 4) is 0 Å². The van der Waals surface area contributed by atoms with Gasteiger partial charge in [-0.25, -0.2) is 0 Å². The maximum absolute atomic E-state index is 12.1. The normalized spacial score (nSPS) is 18.4. The van der Waals surface area contributed by atoms with Crippen LogP contribution in [0.1, 0.15) is 39.2 Å². The Hall–Kier alpha value is -0.960. The van der Waals surface area contributed by atoms with Gasteiger partial charge in [0.05, 0.1) is 0 Å². The largest absolute Gasteiger partial charge is 0.352 e. The molecule has 0 aromatic heterocycles. The van der Waals surface area contributed by atoms with Crippen molar-refractivity contribution in [2.24, 2.45) is 10.9 Å². The van der Waals surface area contributed by atoms with Gasteiger partial charge in [-0.05, 0) is 30.5 Å². The lowest BCUT2D eigenvalue weighted by Gasteiger charge is -2.34. The van der Waals surface area contributed by atoms with Crippen LogP contribution in [0, 0.1) is 5.92 Å². The molecule has 1 aromatic rings. The Morgan fingerprint density at radius 1 is 1.41 bits per heavy atom. The van der Waals surface area contributed by atoms with Crippen LogP contribution in [0.25, 0.3) is 0 Å². The number of carbonyl (C=O) groups is 1. The number of hydrogen-bond donors (Lipinski definition) is 2. The molecule has 1 heterocycles. The van der Waals surface area contributed by atoms with Crippen LogP contribution < -0.4 is 10.6 Å². The van der Waals surface area contributed by atoms with Crippen LogP contribution in [-0.2, 0) is 11.3 Å². The number of guanidine groups is 1. The van der Waals surface area contributed by atoms with Gasteiger partial charge in [0.15, 0.2) is 5.96 Å². The zero-order chi connectivity index (χ0) is 18.9. The predicted octanol–water partition coefficient (Wildman–Crippen LogP) is 4.19. The highest BCUT2D eigenvalue weighted by atomic mass is 127. The van der Waals surface area contributed by atoms with Gasteiger partial charge in [-0.3, -0.25) is 9.79 Å². The number of nitrogens with one attached hydrogen (secondary N) is 2. The third kappa shape index (κ3) is 7.52. The number of anilines is 1. The summed E-state index contributed by atoms with van der Waals surface area (Å²) in [4.78, 5) is 18.9. The number of nitrogens with zero attached hydrogens (tertiary/aromatic N) is 2. The number of rotatable bonds is 6. The average molecular weight is 504 g/mol. The fourth-order valence-corrected chi connectivity index (χ4v) is 4.06. The Bertz CT molecular complexity index is 626. The maximum Gasteiger partial charge on any atom is 0.227 e. The molecule has 1 aromatic carbocycles. The third-order valence-corrected chi connectivity index (χ3v) is 6.18. The van der Waals surface area contributed by atoms with E-state index in [1.807, 2.05) is 39.1 Å². The molecule has 1 amide bonds. The highest BCUT2D eigenvalue weighted by molar-refractivity contribution is 14.0. The SMILES string of the molecule is CCC1CN(C(=NC)NCc2cccc(NC(=O)C(C)CC)c2)CCS1.I. The zero-order valence-electron chi connectivity index (χ0n) is 16.8. The van der Waals surface area contributed by atoms with Crippen LogP contribution in [0.5, 0.6) is 0 Å². The minimum atomic E-state index is 0. The molecule has 2 atom stereocenters. The second-order valence-corrected chi connectivity index (χ2v) is 8.16. The first-order valence-corrected chi connectivity index (χ1v) is 10.6. The van der Waals surface area contributed by atoms with Gasteiger partial charge in [-0.1, -0.05) is 32.9 Å². The Morgan fingerprint density at radius 3 is 2.85 bits per heavy atom. The van der Waals surface area contributed by atoms with Gasteiger partial charge in [0.25, 0.3) is 0 Å². The summed E-state index contributed by atoms with van der Waals surface area (Å²) < 4.78 is 0. The van der Waals surface area contributed by atoms with Crippen LogP contribution in [0.4, 0.5) is 5.69 Å². The molecule has 5 nitrogen and oxygen atoms in total. The minimum Gasteiger partial charge on any atom is -0.352 e. The zero-order valence-corrected chi connectivity index (χ0v) is 20.0. The first-order chi connectivity index (χ1) is 12.6. The molecule has 7 heteroatoms. The number of aliphatic imine (C=N–C) groups is 1. The Morgan fingerprint density at radius 2 is 2.19 bits per heavy atom. The fraction of sp³-hybridized carbons (Fsp3) is 0.600. The highest BCUT2D eigenvalue weighted by Crippen LogP contribution is 2.21. The van der Waals surface area contributed by atoms with Gasteiger partial charge in [0.1, 0.15) is 0 Å². The van der Waals surface area contributed by atoms with Crippen LogP contribution >= 0.6 is 35.7 Å². The molecule has 152 valence electrons. The lowest BCUT2D eigenvalue weighted by atomic mass is 10.1. The van der Waals surface area contributed by atoms with E-state index in [0.29, 0.717) is 11.8 Å². The van der Waals surface area contributed by atoms with Crippen molar-refractivity contribution in [1.82, 2.24) is 10.2 Å². The molecule has 1 fully saturated rings. The quantitative estimate of drug-likeness (QED) is 0.347. The van der Waals surface area contributed by atoms with Gasteiger partial charge in [-0.15, -0.1) is 24.0 Å². The molecule has 0 spiro atoms. The summed E-state index contributed by atoms with van der Waals surface area (Å²) in [7, 11) is 1.84. The lowest BCUT2D eigenvalue weighted by Crippen LogP contribution is -2.47. The summed E-state index contributed by atoms with van der Waals surface area (Å²) in [5, 5.41) is 7.15. The number of halogens is 1. The van der Waals surface area contributed by atoms with Crippen LogP contribution in [0.2, 0.25) is 0 Å². The first kappa shape index (κ1) is 24.1. The second-order valence-electron chi connectivity index (χ2n) is 6.75. The van der Waals surface area contributed by atoms with Crippen molar-refractivity contribution in [3.63, 3.8) is 0 Å². The van der Waals surface area contributed by atoms with Gasteiger partial charge in [-0.2, -0.15) is 11.8 Å². The summed E-state index contributed by atoms with van der Waals surface area (Å²) in [6.07, 6.45) is 2.03. The maximum atomic E-state index is 12.1. The molecule has 0 aliphatic carbocycles. The first-order valence-electron chi connectivity index (χ1n) is 9.54. The van der Waals surface area contributed by atoms with E-state index >= 15 is 0 Å². The third-order valence-electron chi connectivity index (χ3n) is 4.81. The van der Waals surface area contributed by atoms with Crippen molar-refractivity contribution in [2.75, 3.05) is 31.2 Å². The molecule has 0 bridgehead atoms. The van der Waals surface area contributed by atoms with Crippen molar-refractivity contribution in [2.45, 2.75) is 45.4 Å². The molecule has 2 rings (SSSR count). The molecule has 0 radical (unpaired) electrons. The smallest absolute Gasteiger partial charge is 0.227 e. The summed E-state index contributed by atoms with van der Waals surface area (Å²) in [5.74, 6) is 2.21. The highest BCUT2D eigenvalue weighted by Gasteiger charge is 2.21. The molecule has 1 aliphatic rings. The molecule has 0 saturated carbocycles.